The van der Waals surface area contributed by atoms with E-state index in [-0.39, 0.29) is 0 Å². The van der Waals surface area contributed by atoms with Gasteiger partial charge in [-0.3, -0.25) is 0 Å². The molecule has 17 heavy (non-hydrogen) atoms. The Labute approximate surface area is 105 Å². The summed E-state index contributed by atoms with van der Waals surface area (Å²) in [4.78, 5) is 0. The van der Waals surface area contributed by atoms with Crippen LogP contribution in [-0.2, 0) is 0 Å². The summed E-state index contributed by atoms with van der Waals surface area (Å²) in [5, 5.41) is 0. The lowest BCUT2D eigenvalue weighted by Crippen LogP contribution is -2.31. The fourth-order valence-corrected chi connectivity index (χ4v) is 2.47. The van der Waals surface area contributed by atoms with Crippen LogP contribution in [0.1, 0.15) is 36.5 Å². The van der Waals surface area contributed by atoms with Crippen molar-refractivity contribution in [2.24, 2.45) is 23.3 Å². The highest BCUT2D eigenvalue weighted by molar-refractivity contribution is 5.33. The van der Waals surface area contributed by atoms with Gasteiger partial charge in [-0.05, 0) is 55.8 Å². The Morgan fingerprint density at radius 1 is 1.06 bits per heavy atom. The third-order valence-electron chi connectivity index (χ3n) is 4.06. The zero-order valence-corrected chi connectivity index (χ0v) is 11.5. The predicted octanol–water partition coefficient (Wildman–Crippen LogP) is 2.58. The van der Waals surface area contributed by atoms with Gasteiger partial charge >= 0.3 is 0 Å². The number of rotatable bonds is 5. The Kier molecular flexibility index (Phi) is 5.16. The number of hydrogen-bond donors (Lipinski definition) is 2. The number of aryl methyl sites for hydroxylation is 2. The summed E-state index contributed by atoms with van der Waals surface area (Å²) in [6.45, 7) is 10.2. The van der Waals surface area contributed by atoms with Gasteiger partial charge in [-0.2, -0.15) is 0 Å². The molecule has 0 fully saturated rings. The molecule has 0 radical (unpaired) electrons. The van der Waals surface area contributed by atoms with Crippen LogP contribution in [0.4, 0.5) is 0 Å². The van der Waals surface area contributed by atoms with Crippen LogP contribution in [0.15, 0.2) is 18.2 Å². The van der Waals surface area contributed by atoms with Crippen LogP contribution in [0, 0.1) is 25.7 Å². The topological polar surface area (TPSA) is 52.0 Å². The van der Waals surface area contributed by atoms with Crippen LogP contribution in [0.2, 0.25) is 0 Å². The van der Waals surface area contributed by atoms with Crippen molar-refractivity contribution in [1.29, 1.82) is 0 Å². The van der Waals surface area contributed by atoms with Gasteiger partial charge in [0.25, 0.3) is 0 Å². The molecule has 2 unspecified atom stereocenters. The molecule has 0 spiro atoms. The highest BCUT2D eigenvalue weighted by Crippen LogP contribution is 2.31. The van der Waals surface area contributed by atoms with Crippen LogP contribution in [0.3, 0.4) is 0 Å². The van der Waals surface area contributed by atoms with E-state index in [0.29, 0.717) is 30.8 Å². The van der Waals surface area contributed by atoms with Gasteiger partial charge in [0.05, 0.1) is 0 Å². The zero-order valence-electron chi connectivity index (χ0n) is 11.5. The van der Waals surface area contributed by atoms with E-state index in [2.05, 4.69) is 45.9 Å². The SMILES string of the molecule is Cc1ccc(C)c(C(C)C(C)C(CN)CN)c1. The average molecular weight is 234 g/mol. The second kappa shape index (κ2) is 6.18. The van der Waals surface area contributed by atoms with E-state index in [1.165, 1.54) is 16.7 Å². The van der Waals surface area contributed by atoms with Crippen molar-refractivity contribution in [1.82, 2.24) is 0 Å². The number of benzene rings is 1. The maximum Gasteiger partial charge on any atom is -0.00340 e. The van der Waals surface area contributed by atoms with Crippen molar-refractivity contribution in [3.05, 3.63) is 34.9 Å². The van der Waals surface area contributed by atoms with Gasteiger partial charge < -0.3 is 11.5 Å². The smallest absolute Gasteiger partial charge is 0.00340 e. The van der Waals surface area contributed by atoms with Gasteiger partial charge in [-0.25, -0.2) is 0 Å². The molecule has 0 amide bonds. The first-order chi connectivity index (χ1) is 8.01. The van der Waals surface area contributed by atoms with Crippen LogP contribution < -0.4 is 11.5 Å². The van der Waals surface area contributed by atoms with E-state index < -0.39 is 0 Å². The third kappa shape index (κ3) is 3.30. The summed E-state index contributed by atoms with van der Waals surface area (Å²) in [6, 6.07) is 6.66. The Hall–Kier alpha value is -0.860. The normalized spacial score (nSPS) is 15.0. The second-order valence-electron chi connectivity index (χ2n) is 5.24. The number of nitrogens with two attached hydrogens (primary N) is 2. The molecule has 0 aromatic heterocycles. The Morgan fingerprint density at radius 2 is 1.65 bits per heavy atom. The maximum absolute atomic E-state index is 5.79. The van der Waals surface area contributed by atoms with E-state index >= 15 is 0 Å². The molecule has 0 bridgehead atoms. The lowest BCUT2D eigenvalue weighted by atomic mass is 9.78. The standard InChI is InChI=1S/C15H26N2/c1-10-5-6-11(2)15(7-10)13(4)12(3)14(8-16)9-17/h5-7,12-14H,8-9,16-17H2,1-4H3. The highest BCUT2D eigenvalue weighted by atomic mass is 14.6. The van der Waals surface area contributed by atoms with Crippen molar-refractivity contribution >= 4 is 0 Å². The molecule has 1 rings (SSSR count). The molecule has 96 valence electrons. The molecule has 0 aliphatic carbocycles. The summed E-state index contributed by atoms with van der Waals surface area (Å²) >= 11 is 0. The first-order valence-corrected chi connectivity index (χ1v) is 6.48. The van der Waals surface area contributed by atoms with Gasteiger partial charge in [0.2, 0.25) is 0 Å². The molecule has 0 aliphatic heterocycles. The second-order valence-corrected chi connectivity index (χ2v) is 5.24. The molecule has 2 heteroatoms. The Bertz CT molecular complexity index is 356. The molecule has 0 aliphatic rings. The average Bonchev–Trinajstić information content (AvgIpc) is 2.32. The Morgan fingerprint density at radius 3 is 2.18 bits per heavy atom. The monoisotopic (exact) mass is 234 g/mol. The van der Waals surface area contributed by atoms with Gasteiger partial charge in [0.1, 0.15) is 0 Å². The molecule has 0 saturated heterocycles. The molecule has 2 nitrogen and oxygen atoms in total. The predicted molar refractivity (Wildman–Crippen MR) is 75.1 cm³/mol. The number of hydrogen-bond acceptors (Lipinski definition) is 2. The first-order valence-electron chi connectivity index (χ1n) is 6.48. The lowest BCUT2D eigenvalue weighted by Gasteiger charge is -2.28. The van der Waals surface area contributed by atoms with Crippen molar-refractivity contribution in [3.63, 3.8) is 0 Å². The highest BCUT2D eigenvalue weighted by Gasteiger charge is 2.22. The van der Waals surface area contributed by atoms with Crippen molar-refractivity contribution in [2.75, 3.05) is 13.1 Å². The summed E-state index contributed by atoms with van der Waals surface area (Å²) in [5.74, 6) is 1.43. The van der Waals surface area contributed by atoms with E-state index in [0.717, 1.165) is 0 Å². The minimum Gasteiger partial charge on any atom is -0.330 e. The van der Waals surface area contributed by atoms with Crippen LogP contribution in [0.25, 0.3) is 0 Å². The summed E-state index contributed by atoms with van der Waals surface area (Å²) in [7, 11) is 0. The minimum atomic E-state index is 0.407. The maximum atomic E-state index is 5.79. The largest absolute Gasteiger partial charge is 0.330 e. The Balaban J connectivity index is 2.94. The fraction of sp³-hybridized carbons (Fsp3) is 0.600. The van der Waals surface area contributed by atoms with Crippen LogP contribution in [0.5, 0.6) is 0 Å². The molecule has 4 N–H and O–H groups in total. The molecular weight excluding hydrogens is 208 g/mol. The van der Waals surface area contributed by atoms with Crippen molar-refractivity contribution in [2.45, 2.75) is 33.6 Å². The van der Waals surface area contributed by atoms with Crippen molar-refractivity contribution in [3.8, 4) is 0 Å². The lowest BCUT2D eigenvalue weighted by molar-refractivity contribution is 0.328. The van der Waals surface area contributed by atoms with Crippen LogP contribution in [-0.4, -0.2) is 13.1 Å². The first kappa shape index (κ1) is 14.2. The quantitative estimate of drug-likeness (QED) is 0.822. The summed E-state index contributed by atoms with van der Waals surface area (Å²) < 4.78 is 0. The van der Waals surface area contributed by atoms with Gasteiger partial charge in [0, 0.05) is 0 Å². The molecule has 0 saturated carbocycles. The van der Waals surface area contributed by atoms with Gasteiger partial charge in [-0.15, -0.1) is 0 Å². The van der Waals surface area contributed by atoms with Crippen LogP contribution >= 0.6 is 0 Å². The molecule has 0 heterocycles. The third-order valence-corrected chi connectivity index (χ3v) is 4.06. The molecule has 1 aromatic rings. The molecular formula is C15H26N2. The van der Waals surface area contributed by atoms with Gasteiger partial charge in [0.15, 0.2) is 0 Å². The fourth-order valence-electron chi connectivity index (χ4n) is 2.47. The van der Waals surface area contributed by atoms with E-state index in [1.807, 2.05) is 0 Å². The van der Waals surface area contributed by atoms with Gasteiger partial charge in [-0.1, -0.05) is 37.6 Å². The zero-order chi connectivity index (χ0) is 13.0. The summed E-state index contributed by atoms with van der Waals surface area (Å²) in [5.41, 5.74) is 15.7. The molecule has 1 aromatic carbocycles. The summed E-state index contributed by atoms with van der Waals surface area (Å²) in [6.07, 6.45) is 0. The van der Waals surface area contributed by atoms with Crippen molar-refractivity contribution < 1.29 is 0 Å². The van der Waals surface area contributed by atoms with E-state index in [9.17, 15) is 0 Å². The molecule has 2 atom stereocenters. The van der Waals surface area contributed by atoms with E-state index in [1.54, 1.807) is 0 Å². The van der Waals surface area contributed by atoms with E-state index in [4.69, 9.17) is 11.5 Å². The minimum absolute atomic E-state index is 0.407.